The van der Waals surface area contributed by atoms with Crippen molar-refractivity contribution >= 4 is 22.6 Å². The standard InChI is InChI=1S/C18H19NO3/c20-17(19-14-8-2-3-9-14)12-22-18(21)16-11-5-7-13-6-1-4-10-15(13)16/h1,4-7,10-11,14H,2-3,8-9,12H2,(H,19,20). The third kappa shape index (κ3) is 3.27. The Morgan fingerprint density at radius 3 is 2.59 bits per heavy atom. The van der Waals surface area contributed by atoms with Crippen LogP contribution >= 0.6 is 0 Å². The Kier molecular flexibility index (Phi) is 4.37. The van der Waals surface area contributed by atoms with Gasteiger partial charge in [-0.1, -0.05) is 49.2 Å². The molecule has 4 heteroatoms. The molecule has 0 saturated heterocycles. The van der Waals surface area contributed by atoms with E-state index >= 15 is 0 Å². The zero-order valence-electron chi connectivity index (χ0n) is 12.4. The second-order valence-corrected chi connectivity index (χ2v) is 5.65. The Hall–Kier alpha value is -2.36. The second-order valence-electron chi connectivity index (χ2n) is 5.65. The van der Waals surface area contributed by atoms with Crippen LogP contribution < -0.4 is 5.32 Å². The number of ether oxygens (including phenoxy) is 1. The Morgan fingerprint density at radius 1 is 1.05 bits per heavy atom. The minimum atomic E-state index is -0.460. The molecule has 2 aromatic carbocycles. The third-order valence-electron chi connectivity index (χ3n) is 4.06. The molecule has 0 aliphatic heterocycles. The van der Waals surface area contributed by atoms with Gasteiger partial charge < -0.3 is 10.1 Å². The number of carbonyl (C=O) groups is 2. The molecule has 0 heterocycles. The van der Waals surface area contributed by atoms with Crippen LogP contribution in [0.1, 0.15) is 36.0 Å². The lowest BCUT2D eigenvalue weighted by molar-refractivity contribution is -0.124. The normalized spacial score (nSPS) is 14.9. The maximum absolute atomic E-state index is 12.2. The molecular weight excluding hydrogens is 278 g/mol. The first kappa shape index (κ1) is 14.6. The molecule has 1 amide bonds. The SMILES string of the molecule is O=C(COC(=O)c1cccc2ccccc12)NC1CCCC1. The van der Waals surface area contributed by atoms with Crippen molar-refractivity contribution < 1.29 is 14.3 Å². The van der Waals surface area contributed by atoms with Crippen molar-refractivity contribution in [3.05, 3.63) is 48.0 Å². The van der Waals surface area contributed by atoms with E-state index in [-0.39, 0.29) is 18.6 Å². The van der Waals surface area contributed by atoms with E-state index in [4.69, 9.17) is 4.74 Å². The first-order valence-corrected chi connectivity index (χ1v) is 7.68. The van der Waals surface area contributed by atoms with Crippen LogP contribution in [0.3, 0.4) is 0 Å². The summed E-state index contributed by atoms with van der Waals surface area (Å²) in [6.45, 7) is -0.224. The third-order valence-corrected chi connectivity index (χ3v) is 4.06. The number of fused-ring (bicyclic) bond motifs is 1. The van der Waals surface area contributed by atoms with Crippen molar-refractivity contribution in [3.63, 3.8) is 0 Å². The van der Waals surface area contributed by atoms with Crippen LogP contribution in [0.5, 0.6) is 0 Å². The summed E-state index contributed by atoms with van der Waals surface area (Å²) < 4.78 is 5.16. The molecule has 114 valence electrons. The van der Waals surface area contributed by atoms with Gasteiger partial charge in [0.25, 0.3) is 5.91 Å². The number of amides is 1. The summed E-state index contributed by atoms with van der Waals surface area (Å²) in [5, 5.41) is 4.72. The second kappa shape index (κ2) is 6.60. The lowest BCUT2D eigenvalue weighted by Crippen LogP contribution is -2.35. The van der Waals surface area contributed by atoms with Crippen molar-refractivity contribution in [2.75, 3.05) is 6.61 Å². The first-order chi connectivity index (χ1) is 10.7. The first-order valence-electron chi connectivity index (χ1n) is 7.68. The maximum atomic E-state index is 12.2. The lowest BCUT2D eigenvalue weighted by atomic mass is 10.1. The molecule has 1 N–H and O–H groups in total. The molecule has 1 aliphatic carbocycles. The van der Waals surface area contributed by atoms with Crippen molar-refractivity contribution in [2.45, 2.75) is 31.7 Å². The number of rotatable bonds is 4. The zero-order valence-corrected chi connectivity index (χ0v) is 12.4. The molecule has 0 radical (unpaired) electrons. The van der Waals surface area contributed by atoms with E-state index < -0.39 is 5.97 Å². The van der Waals surface area contributed by atoms with Crippen molar-refractivity contribution in [1.82, 2.24) is 5.32 Å². The van der Waals surface area contributed by atoms with Gasteiger partial charge in [0, 0.05) is 6.04 Å². The smallest absolute Gasteiger partial charge is 0.339 e. The van der Waals surface area contributed by atoms with Crippen LogP contribution in [0, 0.1) is 0 Å². The fourth-order valence-corrected chi connectivity index (χ4v) is 2.95. The van der Waals surface area contributed by atoms with Gasteiger partial charge >= 0.3 is 5.97 Å². The highest BCUT2D eigenvalue weighted by Gasteiger charge is 2.18. The summed E-state index contributed by atoms with van der Waals surface area (Å²) in [5.74, 6) is -0.682. The van der Waals surface area contributed by atoms with Gasteiger partial charge in [-0.25, -0.2) is 4.79 Å². The summed E-state index contributed by atoms with van der Waals surface area (Å²) in [4.78, 5) is 24.0. The zero-order chi connectivity index (χ0) is 15.4. The predicted octanol–water partition coefficient (Wildman–Crippen LogP) is 3.06. The molecule has 1 aliphatic rings. The molecule has 4 nitrogen and oxygen atoms in total. The molecule has 1 saturated carbocycles. The van der Waals surface area contributed by atoms with Crippen LogP contribution in [-0.4, -0.2) is 24.5 Å². The molecule has 0 atom stereocenters. The number of esters is 1. The number of benzene rings is 2. The van der Waals surface area contributed by atoms with Crippen molar-refractivity contribution in [1.29, 1.82) is 0 Å². The molecule has 0 aromatic heterocycles. The van der Waals surface area contributed by atoms with Gasteiger partial charge in [-0.15, -0.1) is 0 Å². The van der Waals surface area contributed by atoms with Crippen LogP contribution in [0.25, 0.3) is 10.8 Å². The van der Waals surface area contributed by atoms with E-state index in [9.17, 15) is 9.59 Å². The predicted molar refractivity (Wildman–Crippen MR) is 84.6 cm³/mol. The summed E-state index contributed by atoms with van der Waals surface area (Å²) in [6.07, 6.45) is 4.34. The molecular formula is C18H19NO3. The minimum absolute atomic E-state index is 0.222. The van der Waals surface area contributed by atoms with E-state index in [0.29, 0.717) is 5.56 Å². The van der Waals surface area contributed by atoms with Gasteiger partial charge in [0.1, 0.15) is 0 Å². The molecule has 0 bridgehead atoms. The van der Waals surface area contributed by atoms with Gasteiger partial charge in [-0.2, -0.15) is 0 Å². The highest BCUT2D eigenvalue weighted by molar-refractivity contribution is 6.04. The number of hydrogen-bond acceptors (Lipinski definition) is 3. The van der Waals surface area contributed by atoms with Crippen LogP contribution in [0.15, 0.2) is 42.5 Å². The van der Waals surface area contributed by atoms with Crippen molar-refractivity contribution in [2.24, 2.45) is 0 Å². The van der Waals surface area contributed by atoms with Crippen molar-refractivity contribution in [3.8, 4) is 0 Å². The molecule has 0 spiro atoms. The van der Waals surface area contributed by atoms with Gasteiger partial charge in [0.15, 0.2) is 6.61 Å². The van der Waals surface area contributed by atoms with Crippen LogP contribution in [0.4, 0.5) is 0 Å². The summed E-state index contributed by atoms with van der Waals surface area (Å²) >= 11 is 0. The average molecular weight is 297 g/mol. The van der Waals surface area contributed by atoms with Gasteiger partial charge in [-0.3, -0.25) is 4.79 Å². The molecule has 0 unspecified atom stereocenters. The molecule has 3 rings (SSSR count). The molecule has 22 heavy (non-hydrogen) atoms. The monoisotopic (exact) mass is 297 g/mol. The topological polar surface area (TPSA) is 55.4 Å². The highest BCUT2D eigenvalue weighted by atomic mass is 16.5. The summed E-state index contributed by atoms with van der Waals surface area (Å²) in [6, 6.07) is 13.3. The Morgan fingerprint density at radius 2 is 1.77 bits per heavy atom. The summed E-state index contributed by atoms with van der Waals surface area (Å²) in [7, 11) is 0. The van der Waals surface area contributed by atoms with E-state index in [2.05, 4.69) is 5.32 Å². The van der Waals surface area contributed by atoms with Gasteiger partial charge in [0.2, 0.25) is 0 Å². The van der Waals surface area contributed by atoms with E-state index in [1.807, 2.05) is 36.4 Å². The Balaban J connectivity index is 1.62. The lowest BCUT2D eigenvalue weighted by Gasteiger charge is -2.12. The van der Waals surface area contributed by atoms with E-state index in [1.54, 1.807) is 6.07 Å². The maximum Gasteiger partial charge on any atom is 0.339 e. The molecule has 1 fully saturated rings. The van der Waals surface area contributed by atoms with E-state index in [0.717, 1.165) is 36.5 Å². The highest BCUT2D eigenvalue weighted by Crippen LogP contribution is 2.19. The number of carbonyl (C=O) groups excluding carboxylic acids is 2. The Bertz CT molecular complexity index is 684. The van der Waals surface area contributed by atoms with Crippen LogP contribution in [-0.2, 0) is 9.53 Å². The quantitative estimate of drug-likeness (QED) is 0.882. The number of nitrogens with one attached hydrogen (secondary N) is 1. The van der Waals surface area contributed by atoms with E-state index in [1.165, 1.54) is 0 Å². The largest absolute Gasteiger partial charge is 0.452 e. The fraction of sp³-hybridized carbons (Fsp3) is 0.333. The summed E-state index contributed by atoms with van der Waals surface area (Å²) in [5.41, 5.74) is 0.492. The fourth-order valence-electron chi connectivity index (χ4n) is 2.95. The minimum Gasteiger partial charge on any atom is -0.452 e. The van der Waals surface area contributed by atoms with Crippen LogP contribution in [0.2, 0.25) is 0 Å². The van der Waals surface area contributed by atoms with Gasteiger partial charge in [-0.05, 0) is 29.7 Å². The number of hydrogen-bond donors (Lipinski definition) is 1. The van der Waals surface area contributed by atoms with Gasteiger partial charge in [0.05, 0.1) is 5.56 Å². The average Bonchev–Trinajstić information content (AvgIpc) is 3.05. The Labute approximate surface area is 129 Å². The molecule has 2 aromatic rings.